The number of methoxy groups -OCH3 is 1. The van der Waals surface area contributed by atoms with Gasteiger partial charge in [0.1, 0.15) is 28.5 Å². The summed E-state index contributed by atoms with van der Waals surface area (Å²) in [4.78, 5) is 45.7. The van der Waals surface area contributed by atoms with Crippen LogP contribution in [0.5, 0.6) is 5.75 Å². The normalized spacial score (nSPS) is 17.5. The van der Waals surface area contributed by atoms with E-state index < -0.39 is 28.9 Å². The number of ether oxygens (including phenoxy) is 2. The Morgan fingerprint density at radius 1 is 1.21 bits per heavy atom. The third-order valence-corrected chi connectivity index (χ3v) is 10.4. The van der Waals surface area contributed by atoms with Crippen molar-refractivity contribution < 1.29 is 23.8 Å². The molecule has 11 heteroatoms. The Bertz CT molecular complexity index is 1750. The fraction of sp³-hybridized carbons (Fsp3) is 0.484. The number of benzene rings is 1. The van der Waals surface area contributed by atoms with Gasteiger partial charge in [-0.15, -0.1) is 11.3 Å². The Morgan fingerprint density at radius 2 is 1.93 bits per heavy atom. The summed E-state index contributed by atoms with van der Waals surface area (Å²) in [6.45, 7) is 4.53. The average Bonchev–Trinajstić information content (AvgIpc) is 3.34. The van der Waals surface area contributed by atoms with E-state index in [2.05, 4.69) is 4.98 Å². The molecule has 0 radical (unpaired) electrons. The van der Waals surface area contributed by atoms with Crippen molar-refractivity contribution in [3.8, 4) is 16.5 Å². The van der Waals surface area contributed by atoms with E-state index in [9.17, 15) is 19.5 Å². The molecule has 42 heavy (non-hydrogen) atoms. The Balaban J connectivity index is 1.53. The van der Waals surface area contributed by atoms with Crippen LogP contribution in [0.25, 0.3) is 21.0 Å². The molecule has 0 amide bonds. The molecule has 3 aromatic heterocycles. The van der Waals surface area contributed by atoms with Crippen LogP contribution in [0.1, 0.15) is 69.6 Å². The summed E-state index contributed by atoms with van der Waals surface area (Å²) < 4.78 is 20.4. The first-order chi connectivity index (χ1) is 20.1. The monoisotopic (exact) mass is 593 g/mol. The van der Waals surface area contributed by atoms with Crippen LogP contribution in [-0.2, 0) is 21.6 Å². The van der Waals surface area contributed by atoms with E-state index in [1.807, 2.05) is 24.3 Å². The topological polar surface area (TPSA) is 126 Å². The number of nitrogens with zero attached hydrogens (tertiary/aromatic N) is 3. The molecular weight excluding hydrogens is 558 g/mol. The van der Waals surface area contributed by atoms with Gasteiger partial charge in [0, 0.05) is 5.56 Å². The minimum Gasteiger partial charge on any atom is -0.496 e. The number of hydrogen-bond donors (Lipinski definition) is 1. The minimum absolute atomic E-state index is 0.00615. The largest absolute Gasteiger partial charge is 0.496 e. The molecule has 0 aliphatic heterocycles. The van der Waals surface area contributed by atoms with Gasteiger partial charge in [-0.05, 0) is 76.3 Å². The second-order valence-corrected chi connectivity index (χ2v) is 13.0. The maximum Gasteiger partial charge on any atom is 0.333 e. The van der Waals surface area contributed by atoms with Crippen LogP contribution >= 0.6 is 11.3 Å². The van der Waals surface area contributed by atoms with Crippen LogP contribution in [0.2, 0.25) is 0 Å². The molecular formula is C31H35N3O7S. The van der Waals surface area contributed by atoms with Gasteiger partial charge in [-0.1, -0.05) is 18.2 Å². The first-order valence-electron chi connectivity index (χ1n) is 14.3. The molecule has 1 spiro atoms. The average molecular weight is 594 g/mol. The van der Waals surface area contributed by atoms with E-state index in [1.54, 1.807) is 14.0 Å². The second-order valence-electron chi connectivity index (χ2n) is 12.0. The standard InChI is InChI=1S/C31H35N3O7S/c1-18-23-26(35)34(30(2,3)28(36)37)29(38)33(27(23)42-24(18)25-32-15-16-40-25)17-22(20-7-5-6-8-21(20)39-4)41-19-9-11-31(12-10-19)13-14-31/h5-8,15-16,19,22H,9-14,17H2,1-4H3,(H,36,37)/t22-/m0/s1. The number of fused-ring (bicyclic) bond motifs is 1. The van der Waals surface area contributed by atoms with E-state index >= 15 is 0 Å². The Kier molecular flexibility index (Phi) is 7.13. The number of thiophene rings is 1. The summed E-state index contributed by atoms with van der Waals surface area (Å²) in [5.74, 6) is -0.338. The predicted octanol–water partition coefficient (Wildman–Crippen LogP) is 5.50. The zero-order valence-electron chi connectivity index (χ0n) is 24.2. The van der Waals surface area contributed by atoms with Crippen LogP contribution in [0.3, 0.4) is 0 Å². The number of carbonyl (C=O) groups is 1. The zero-order valence-corrected chi connectivity index (χ0v) is 25.0. The van der Waals surface area contributed by atoms with Gasteiger partial charge in [-0.3, -0.25) is 9.36 Å². The second kappa shape index (κ2) is 10.5. The van der Waals surface area contributed by atoms with Gasteiger partial charge < -0.3 is 19.0 Å². The molecule has 0 unspecified atom stereocenters. The maximum absolute atomic E-state index is 14.2. The number of carboxylic acid groups (broad SMARTS) is 1. The van der Waals surface area contributed by atoms with Gasteiger partial charge in [0.15, 0.2) is 0 Å². The van der Waals surface area contributed by atoms with Gasteiger partial charge in [0.05, 0.1) is 36.2 Å². The van der Waals surface area contributed by atoms with E-state index in [4.69, 9.17) is 13.9 Å². The smallest absolute Gasteiger partial charge is 0.333 e. The number of oxazole rings is 1. The van der Waals surface area contributed by atoms with E-state index in [-0.39, 0.29) is 18.0 Å². The van der Waals surface area contributed by atoms with Crippen LogP contribution < -0.4 is 16.0 Å². The van der Waals surface area contributed by atoms with Gasteiger partial charge in [0.2, 0.25) is 5.89 Å². The molecule has 1 aromatic carbocycles. The van der Waals surface area contributed by atoms with Crippen molar-refractivity contribution in [1.82, 2.24) is 14.1 Å². The van der Waals surface area contributed by atoms with E-state index in [1.165, 1.54) is 55.1 Å². The highest BCUT2D eigenvalue weighted by atomic mass is 32.1. The van der Waals surface area contributed by atoms with Crippen molar-refractivity contribution in [2.45, 2.75) is 83.6 Å². The number of para-hydroxylation sites is 1. The number of hydrogen-bond acceptors (Lipinski definition) is 8. The lowest BCUT2D eigenvalue weighted by atomic mass is 9.84. The summed E-state index contributed by atoms with van der Waals surface area (Å²) in [6, 6.07) is 7.56. The molecule has 2 aliphatic carbocycles. The van der Waals surface area contributed by atoms with Crippen molar-refractivity contribution in [2.75, 3.05) is 7.11 Å². The summed E-state index contributed by atoms with van der Waals surface area (Å²) in [5, 5.41) is 10.3. The van der Waals surface area contributed by atoms with Crippen molar-refractivity contribution in [2.24, 2.45) is 5.41 Å². The van der Waals surface area contributed by atoms with E-state index in [0.717, 1.165) is 35.8 Å². The summed E-state index contributed by atoms with van der Waals surface area (Å²) >= 11 is 1.22. The quantitative estimate of drug-likeness (QED) is 0.270. The van der Waals surface area contributed by atoms with Crippen LogP contribution in [0.15, 0.2) is 50.7 Å². The Hall–Kier alpha value is -3.70. The predicted molar refractivity (Wildman–Crippen MR) is 158 cm³/mol. The molecule has 0 bridgehead atoms. The highest BCUT2D eigenvalue weighted by molar-refractivity contribution is 7.22. The number of aromatic nitrogens is 3. The summed E-state index contributed by atoms with van der Waals surface area (Å²) in [5.41, 5.74) is -1.34. The Morgan fingerprint density at radius 3 is 2.55 bits per heavy atom. The van der Waals surface area contributed by atoms with Crippen LogP contribution in [-0.4, -0.2) is 38.4 Å². The molecule has 1 atom stereocenters. The van der Waals surface area contributed by atoms with Gasteiger partial charge in [-0.25, -0.2) is 19.1 Å². The molecule has 2 fully saturated rings. The van der Waals surface area contributed by atoms with Crippen LogP contribution in [0, 0.1) is 12.3 Å². The SMILES string of the molecule is COc1ccccc1[C@H](Cn1c(=O)n(C(C)(C)C(=O)O)c(=O)c2c(C)c(-c3ncco3)sc21)OC1CCC2(CC1)CC2. The molecule has 6 rings (SSSR count). The van der Waals surface area contributed by atoms with Gasteiger partial charge >= 0.3 is 11.7 Å². The highest BCUT2D eigenvalue weighted by Gasteiger charge is 2.45. The third kappa shape index (κ3) is 4.78. The third-order valence-electron chi connectivity index (χ3n) is 9.06. The molecule has 222 valence electrons. The lowest BCUT2D eigenvalue weighted by Gasteiger charge is -2.32. The maximum atomic E-state index is 14.2. The Labute approximate surface area is 246 Å². The number of carboxylic acids is 1. The molecule has 0 saturated heterocycles. The molecule has 2 saturated carbocycles. The molecule has 3 heterocycles. The van der Waals surface area contributed by atoms with Crippen molar-refractivity contribution in [3.05, 3.63) is 68.7 Å². The molecule has 10 nitrogen and oxygen atoms in total. The van der Waals surface area contributed by atoms with Crippen molar-refractivity contribution in [1.29, 1.82) is 0 Å². The highest BCUT2D eigenvalue weighted by Crippen LogP contribution is 2.56. The lowest BCUT2D eigenvalue weighted by Crippen LogP contribution is -2.52. The summed E-state index contributed by atoms with van der Waals surface area (Å²) in [6.07, 6.45) is 9.08. The van der Waals surface area contributed by atoms with Crippen LogP contribution in [0.4, 0.5) is 0 Å². The number of aryl methyl sites for hydroxylation is 1. The minimum atomic E-state index is -1.80. The first kappa shape index (κ1) is 28.4. The van der Waals surface area contributed by atoms with Gasteiger partial charge in [0.25, 0.3) is 5.56 Å². The molecule has 1 N–H and O–H groups in total. The fourth-order valence-corrected chi connectivity index (χ4v) is 7.44. The molecule has 4 aromatic rings. The number of rotatable bonds is 9. The van der Waals surface area contributed by atoms with Gasteiger partial charge in [-0.2, -0.15) is 0 Å². The molecule has 2 aliphatic rings. The number of aliphatic carboxylic acids is 1. The first-order valence-corrected chi connectivity index (χ1v) is 15.1. The van der Waals surface area contributed by atoms with E-state index in [0.29, 0.717) is 32.3 Å². The summed E-state index contributed by atoms with van der Waals surface area (Å²) in [7, 11) is 1.60. The van der Waals surface area contributed by atoms with Crippen molar-refractivity contribution >= 4 is 27.5 Å². The van der Waals surface area contributed by atoms with Crippen molar-refractivity contribution in [3.63, 3.8) is 0 Å². The lowest BCUT2D eigenvalue weighted by molar-refractivity contribution is -0.146. The zero-order chi connectivity index (χ0) is 29.8. The fourth-order valence-electron chi connectivity index (χ4n) is 6.20.